The average molecular weight is 429 g/mol. The zero-order valence-electron chi connectivity index (χ0n) is 16.5. The van der Waals surface area contributed by atoms with Gasteiger partial charge in [0, 0.05) is 63.4 Å². The van der Waals surface area contributed by atoms with Crippen LogP contribution in [0, 0.1) is 5.92 Å². The van der Waals surface area contributed by atoms with Crippen molar-refractivity contribution in [2.24, 2.45) is 5.92 Å². The smallest absolute Gasteiger partial charge is 0.255 e. The topological polar surface area (TPSA) is 66.3 Å². The van der Waals surface area contributed by atoms with Gasteiger partial charge < -0.3 is 10.2 Å². The molecule has 1 N–H and O–H groups in total. The van der Waals surface area contributed by atoms with Crippen molar-refractivity contribution in [1.82, 2.24) is 29.9 Å². The average Bonchev–Trinajstić information content (AvgIpc) is 3.29. The number of amides is 1. The number of pyridine rings is 1. The maximum Gasteiger partial charge on any atom is 0.255 e. The molecule has 0 saturated carbocycles. The Balaban J connectivity index is 0.00000140. The number of hydrogen-bond donors (Lipinski definition) is 1. The van der Waals surface area contributed by atoms with Gasteiger partial charge in [-0.15, -0.1) is 24.8 Å². The Bertz CT molecular complexity index is 790. The van der Waals surface area contributed by atoms with Crippen LogP contribution >= 0.6 is 24.8 Å². The Morgan fingerprint density at radius 1 is 1.21 bits per heavy atom. The van der Waals surface area contributed by atoms with Crippen LogP contribution in [0.1, 0.15) is 30.6 Å². The molecule has 28 heavy (non-hydrogen) atoms. The summed E-state index contributed by atoms with van der Waals surface area (Å²) < 4.78 is 1.92. The maximum absolute atomic E-state index is 12.9. The predicted octanol–water partition coefficient (Wildman–Crippen LogP) is 2.05. The van der Waals surface area contributed by atoms with Crippen LogP contribution in [0.5, 0.6) is 0 Å². The Morgan fingerprint density at radius 2 is 1.96 bits per heavy atom. The lowest BCUT2D eigenvalue weighted by Gasteiger charge is -2.32. The molecule has 2 aliphatic heterocycles. The van der Waals surface area contributed by atoms with E-state index in [1.807, 2.05) is 21.8 Å². The Labute approximate surface area is 178 Å². The predicted molar refractivity (Wildman–Crippen MR) is 116 cm³/mol. The summed E-state index contributed by atoms with van der Waals surface area (Å²) >= 11 is 0. The molecule has 2 aromatic rings. The molecule has 9 heteroatoms. The first-order valence-electron chi connectivity index (χ1n) is 9.67. The molecule has 7 nitrogen and oxygen atoms in total. The minimum atomic E-state index is 0. The number of likely N-dealkylation sites (tertiary alicyclic amines) is 1. The standard InChI is InChI=1S/C19H28N6O.2ClH/c1-14(2)12-25-18-15(11-22-25)9-16(10-21-18)19(26)24-6-3-17(13-24)23-7-4-20-5-8-23;;/h9-11,14,17,20H,3-8,12-13H2,1-2H3;2*1H. The third kappa shape index (κ3) is 4.76. The van der Waals surface area contributed by atoms with Crippen LogP contribution in [0.2, 0.25) is 0 Å². The molecule has 0 spiro atoms. The van der Waals surface area contributed by atoms with Gasteiger partial charge in [-0.2, -0.15) is 5.10 Å². The number of carbonyl (C=O) groups is 1. The third-order valence-electron chi connectivity index (χ3n) is 5.38. The van der Waals surface area contributed by atoms with Gasteiger partial charge >= 0.3 is 0 Å². The summed E-state index contributed by atoms with van der Waals surface area (Å²) in [6.45, 7) is 11.1. The summed E-state index contributed by atoms with van der Waals surface area (Å²) in [6, 6.07) is 2.43. The maximum atomic E-state index is 12.9. The van der Waals surface area contributed by atoms with Crippen molar-refractivity contribution < 1.29 is 4.79 Å². The molecular weight excluding hydrogens is 399 g/mol. The number of hydrogen-bond acceptors (Lipinski definition) is 5. The highest BCUT2D eigenvalue weighted by molar-refractivity contribution is 5.97. The molecule has 2 aliphatic rings. The second-order valence-electron chi connectivity index (χ2n) is 7.84. The zero-order chi connectivity index (χ0) is 18.1. The highest BCUT2D eigenvalue weighted by Gasteiger charge is 2.31. The minimum absolute atomic E-state index is 0. The molecule has 2 aromatic heterocycles. The monoisotopic (exact) mass is 428 g/mol. The molecule has 4 heterocycles. The van der Waals surface area contributed by atoms with Crippen LogP contribution in [0.3, 0.4) is 0 Å². The Morgan fingerprint density at radius 3 is 2.68 bits per heavy atom. The van der Waals surface area contributed by atoms with Crippen molar-refractivity contribution in [1.29, 1.82) is 0 Å². The molecule has 1 amide bonds. The van der Waals surface area contributed by atoms with E-state index in [-0.39, 0.29) is 30.7 Å². The lowest BCUT2D eigenvalue weighted by atomic mass is 10.2. The second-order valence-corrected chi connectivity index (χ2v) is 7.84. The van der Waals surface area contributed by atoms with Gasteiger partial charge in [-0.05, 0) is 18.4 Å². The number of rotatable bonds is 4. The van der Waals surface area contributed by atoms with Crippen LogP contribution in [-0.4, -0.2) is 75.8 Å². The molecule has 0 aliphatic carbocycles. The number of piperazine rings is 1. The van der Waals surface area contributed by atoms with E-state index in [1.54, 1.807) is 6.20 Å². The first kappa shape index (κ1) is 22.9. The fourth-order valence-electron chi connectivity index (χ4n) is 4.02. The number of nitrogens with zero attached hydrogens (tertiary/aromatic N) is 5. The van der Waals surface area contributed by atoms with Gasteiger partial charge in [0.25, 0.3) is 5.91 Å². The number of nitrogens with one attached hydrogen (secondary N) is 1. The molecule has 0 aromatic carbocycles. The number of aromatic nitrogens is 3. The van der Waals surface area contributed by atoms with Gasteiger partial charge in [-0.25, -0.2) is 9.67 Å². The SMILES string of the molecule is CC(C)Cn1ncc2cc(C(=O)N3CCC(N4CCNCC4)C3)cnc21.Cl.Cl. The summed E-state index contributed by atoms with van der Waals surface area (Å²) in [5.41, 5.74) is 1.53. The fraction of sp³-hybridized carbons (Fsp3) is 0.632. The largest absolute Gasteiger partial charge is 0.337 e. The van der Waals surface area contributed by atoms with E-state index in [2.05, 4.69) is 34.1 Å². The number of halogens is 2. The van der Waals surface area contributed by atoms with E-state index in [0.717, 1.165) is 63.3 Å². The fourth-order valence-corrected chi connectivity index (χ4v) is 4.02. The minimum Gasteiger partial charge on any atom is -0.337 e. The number of carbonyl (C=O) groups excluding carboxylic acids is 1. The van der Waals surface area contributed by atoms with Crippen molar-refractivity contribution in [3.05, 3.63) is 24.0 Å². The van der Waals surface area contributed by atoms with E-state index in [1.165, 1.54) is 0 Å². The summed E-state index contributed by atoms with van der Waals surface area (Å²) in [5.74, 6) is 0.598. The van der Waals surface area contributed by atoms with Crippen LogP contribution < -0.4 is 5.32 Å². The van der Waals surface area contributed by atoms with Crippen LogP contribution in [0.25, 0.3) is 11.0 Å². The van der Waals surface area contributed by atoms with Gasteiger partial charge in [0.05, 0.1) is 11.8 Å². The lowest BCUT2D eigenvalue weighted by Crippen LogP contribution is -2.49. The molecule has 2 saturated heterocycles. The quantitative estimate of drug-likeness (QED) is 0.806. The molecule has 4 rings (SSSR count). The second kappa shape index (κ2) is 9.87. The normalized spacial score (nSPS) is 20.2. The van der Waals surface area contributed by atoms with E-state index >= 15 is 0 Å². The Hall–Kier alpha value is -1.41. The summed E-state index contributed by atoms with van der Waals surface area (Å²) in [4.78, 5) is 22.0. The van der Waals surface area contributed by atoms with Crippen molar-refractivity contribution in [2.45, 2.75) is 32.9 Å². The molecule has 1 unspecified atom stereocenters. The molecule has 2 fully saturated rings. The third-order valence-corrected chi connectivity index (χ3v) is 5.38. The Kier molecular flexibility index (Phi) is 8.07. The van der Waals surface area contributed by atoms with Crippen LogP contribution in [0.15, 0.2) is 18.5 Å². The van der Waals surface area contributed by atoms with E-state index in [0.29, 0.717) is 17.5 Å². The first-order chi connectivity index (χ1) is 12.6. The van der Waals surface area contributed by atoms with Crippen LogP contribution in [0.4, 0.5) is 0 Å². The summed E-state index contributed by atoms with van der Waals surface area (Å²) in [7, 11) is 0. The van der Waals surface area contributed by atoms with E-state index in [4.69, 9.17) is 0 Å². The zero-order valence-corrected chi connectivity index (χ0v) is 18.1. The molecule has 1 atom stereocenters. The molecule has 156 valence electrons. The van der Waals surface area contributed by atoms with Gasteiger partial charge in [0.15, 0.2) is 5.65 Å². The van der Waals surface area contributed by atoms with Gasteiger partial charge in [-0.1, -0.05) is 13.8 Å². The van der Waals surface area contributed by atoms with Crippen molar-refractivity contribution in [3.63, 3.8) is 0 Å². The van der Waals surface area contributed by atoms with Crippen LogP contribution in [-0.2, 0) is 6.54 Å². The molecule has 0 radical (unpaired) electrons. The first-order valence-corrected chi connectivity index (χ1v) is 9.67. The van der Waals surface area contributed by atoms with Gasteiger partial charge in [0.1, 0.15) is 0 Å². The highest BCUT2D eigenvalue weighted by atomic mass is 35.5. The van der Waals surface area contributed by atoms with Crippen molar-refractivity contribution in [2.75, 3.05) is 39.3 Å². The van der Waals surface area contributed by atoms with Crippen molar-refractivity contribution in [3.8, 4) is 0 Å². The van der Waals surface area contributed by atoms with Crippen molar-refractivity contribution >= 4 is 41.8 Å². The van der Waals surface area contributed by atoms with E-state index in [9.17, 15) is 4.79 Å². The summed E-state index contributed by atoms with van der Waals surface area (Å²) in [5, 5.41) is 8.75. The molecule has 0 bridgehead atoms. The van der Waals surface area contributed by atoms with E-state index < -0.39 is 0 Å². The van der Waals surface area contributed by atoms with Gasteiger partial charge in [0.2, 0.25) is 0 Å². The highest BCUT2D eigenvalue weighted by Crippen LogP contribution is 2.20. The summed E-state index contributed by atoms with van der Waals surface area (Å²) in [6.07, 6.45) is 4.59. The lowest BCUT2D eigenvalue weighted by molar-refractivity contribution is 0.0773. The number of fused-ring (bicyclic) bond motifs is 1. The van der Waals surface area contributed by atoms with Gasteiger partial charge in [-0.3, -0.25) is 9.69 Å². The molecular formula is C19H30Cl2N6O.